The lowest BCUT2D eigenvalue weighted by Gasteiger charge is -2.28. The fraction of sp³-hybridized carbons (Fsp3) is 0.571. The van der Waals surface area contributed by atoms with Gasteiger partial charge in [0.15, 0.2) is 0 Å². The van der Waals surface area contributed by atoms with Crippen LogP contribution in [0.4, 0.5) is 0 Å². The van der Waals surface area contributed by atoms with Crippen molar-refractivity contribution in [1.29, 1.82) is 0 Å². The smallest absolute Gasteiger partial charge is 0.0718 e. The lowest BCUT2D eigenvalue weighted by atomic mass is 10.1. The van der Waals surface area contributed by atoms with Crippen molar-refractivity contribution in [3.8, 4) is 0 Å². The van der Waals surface area contributed by atoms with E-state index in [0.717, 1.165) is 18.7 Å². The predicted octanol–water partition coefficient (Wildman–Crippen LogP) is 1.77. The minimum absolute atomic E-state index is 0.0848. The van der Waals surface area contributed by atoms with Gasteiger partial charge in [-0.15, -0.1) is 0 Å². The molecule has 0 saturated carbocycles. The van der Waals surface area contributed by atoms with Crippen molar-refractivity contribution in [3.63, 3.8) is 0 Å². The third-order valence-electron chi connectivity index (χ3n) is 2.67. The standard InChI is InChI=1S/C14H23NO2/c1-4-15(11-14(2,3)17)9-12-5-7-13(10-16)8-6-12/h5-8,16-17H,4,9-11H2,1-3H3. The van der Waals surface area contributed by atoms with Gasteiger partial charge in [0.1, 0.15) is 0 Å². The van der Waals surface area contributed by atoms with Crippen molar-refractivity contribution >= 4 is 0 Å². The molecule has 17 heavy (non-hydrogen) atoms. The molecule has 0 aliphatic heterocycles. The molecule has 0 radical (unpaired) electrons. The van der Waals surface area contributed by atoms with Gasteiger partial charge in [-0.25, -0.2) is 0 Å². The largest absolute Gasteiger partial charge is 0.392 e. The number of hydrogen-bond acceptors (Lipinski definition) is 3. The second-order valence-corrected chi connectivity index (χ2v) is 5.09. The SMILES string of the molecule is CCN(Cc1ccc(CO)cc1)CC(C)(C)O. The average molecular weight is 237 g/mol. The highest BCUT2D eigenvalue weighted by molar-refractivity contribution is 5.21. The summed E-state index contributed by atoms with van der Waals surface area (Å²) in [6, 6.07) is 7.93. The first-order chi connectivity index (χ1) is 7.94. The molecule has 2 N–H and O–H groups in total. The van der Waals surface area contributed by atoms with E-state index in [1.165, 1.54) is 5.56 Å². The Balaban J connectivity index is 2.61. The first kappa shape index (κ1) is 14.2. The molecule has 1 rings (SSSR count). The molecular formula is C14H23NO2. The first-order valence-corrected chi connectivity index (χ1v) is 6.08. The molecule has 0 spiro atoms. The van der Waals surface area contributed by atoms with Crippen LogP contribution in [0.2, 0.25) is 0 Å². The molecule has 0 bridgehead atoms. The Bertz CT molecular complexity index is 327. The van der Waals surface area contributed by atoms with Gasteiger partial charge in [-0.2, -0.15) is 0 Å². The predicted molar refractivity (Wildman–Crippen MR) is 69.6 cm³/mol. The molecule has 0 amide bonds. The van der Waals surface area contributed by atoms with Crippen LogP contribution in [0.15, 0.2) is 24.3 Å². The number of likely N-dealkylation sites (N-methyl/N-ethyl adjacent to an activating group) is 1. The van der Waals surface area contributed by atoms with Crippen LogP contribution in [0, 0.1) is 0 Å². The van der Waals surface area contributed by atoms with Gasteiger partial charge < -0.3 is 10.2 Å². The monoisotopic (exact) mass is 237 g/mol. The highest BCUT2D eigenvalue weighted by Gasteiger charge is 2.17. The van der Waals surface area contributed by atoms with E-state index in [-0.39, 0.29) is 6.61 Å². The maximum atomic E-state index is 9.80. The summed E-state index contributed by atoms with van der Waals surface area (Å²) in [5.74, 6) is 0. The van der Waals surface area contributed by atoms with Crippen LogP contribution in [0.1, 0.15) is 31.9 Å². The molecule has 3 heteroatoms. The zero-order valence-corrected chi connectivity index (χ0v) is 11.0. The van der Waals surface area contributed by atoms with Crippen LogP contribution < -0.4 is 0 Å². The Morgan fingerprint density at radius 3 is 2.06 bits per heavy atom. The van der Waals surface area contributed by atoms with Crippen LogP contribution in [0.25, 0.3) is 0 Å². The molecule has 3 nitrogen and oxygen atoms in total. The van der Waals surface area contributed by atoms with Crippen molar-refractivity contribution in [2.75, 3.05) is 13.1 Å². The second-order valence-electron chi connectivity index (χ2n) is 5.09. The van der Waals surface area contributed by atoms with Crippen molar-refractivity contribution in [1.82, 2.24) is 4.90 Å². The molecule has 0 heterocycles. The maximum absolute atomic E-state index is 9.80. The number of nitrogens with zero attached hydrogens (tertiary/aromatic N) is 1. The van der Waals surface area contributed by atoms with Crippen LogP contribution in [-0.2, 0) is 13.2 Å². The summed E-state index contributed by atoms with van der Waals surface area (Å²) in [5, 5.41) is 18.8. The van der Waals surface area contributed by atoms with E-state index in [0.29, 0.717) is 6.54 Å². The summed E-state index contributed by atoms with van der Waals surface area (Å²) >= 11 is 0. The van der Waals surface area contributed by atoms with Crippen LogP contribution in [0.5, 0.6) is 0 Å². The Morgan fingerprint density at radius 2 is 1.65 bits per heavy atom. The zero-order chi connectivity index (χ0) is 12.9. The summed E-state index contributed by atoms with van der Waals surface area (Å²) in [5.41, 5.74) is 1.47. The topological polar surface area (TPSA) is 43.7 Å². The van der Waals surface area contributed by atoms with Gasteiger partial charge in [0, 0.05) is 13.1 Å². The zero-order valence-electron chi connectivity index (χ0n) is 11.0. The molecule has 0 aliphatic rings. The Hall–Kier alpha value is -0.900. The Morgan fingerprint density at radius 1 is 1.12 bits per heavy atom. The number of benzene rings is 1. The fourth-order valence-electron chi connectivity index (χ4n) is 1.84. The minimum Gasteiger partial charge on any atom is -0.392 e. The van der Waals surface area contributed by atoms with E-state index >= 15 is 0 Å². The maximum Gasteiger partial charge on any atom is 0.0718 e. The Labute approximate surface area is 104 Å². The van der Waals surface area contributed by atoms with Gasteiger partial charge in [-0.05, 0) is 31.5 Å². The minimum atomic E-state index is -0.666. The average Bonchev–Trinajstić information content (AvgIpc) is 2.27. The summed E-state index contributed by atoms with van der Waals surface area (Å²) in [4.78, 5) is 2.20. The van der Waals surface area contributed by atoms with Gasteiger partial charge in [0.25, 0.3) is 0 Å². The summed E-state index contributed by atoms with van der Waals surface area (Å²) in [6.07, 6.45) is 0. The lowest BCUT2D eigenvalue weighted by Crippen LogP contribution is -2.38. The van der Waals surface area contributed by atoms with E-state index in [2.05, 4.69) is 11.8 Å². The molecule has 0 fully saturated rings. The number of hydrogen-bond donors (Lipinski definition) is 2. The summed E-state index contributed by atoms with van der Waals surface area (Å²) < 4.78 is 0. The molecule has 0 aliphatic carbocycles. The highest BCUT2D eigenvalue weighted by Crippen LogP contribution is 2.11. The van der Waals surface area contributed by atoms with Gasteiger partial charge in [-0.1, -0.05) is 31.2 Å². The molecule has 0 unspecified atom stereocenters. The van der Waals surface area contributed by atoms with Crippen LogP contribution in [-0.4, -0.2) is 33.8 Å². The van der Waals surface area contributed by atoms with Crippen LogP contribution >= 0.6 is 0 Å². The molecule has 0 saturated heterocycles. The fourth-order valence-corrected chi connectivity index (χ4v) is 1.84. The summed E-state index contributed by atoms with van der Waals surface area (Å²) in [6.45, 7) is 8.22. The lowest BCUT2D eigenvalue weighted by molar-refractivity contribution is 0.0353. The molecule has 0 aromatic heterocycles. The summed E-state index contributed by atoms with van der Waals surface area (Å²) in [7, 11) is 0. The van der Waals surface area contributed by atoms with Crippen molar-refractivity contribution in [2.45, 2.75) is 39.5 Å². The second kappa shape index (κ2) is 6.15. The molecule has 1 aromatic rings. The van der Waals surface area contributed by atoms with E-state index in [1.54, 1.807) is 0 Å². The molecule has 96 valence electrons. The molecule has 1 aromatic carbocycles. The highest BCUT2D eigenvalue weighted by atomic mass is 16.3. The van der Waals surface area contributed by atoms with Crippen molar-refractivity contribution in [3.05, 3.63) is 35.4 Å². The molecule has 0 atom stereocenters. The van der Waals surface area contributed by atoms with Crippen molar-refractivity contribution in [2.24, 2.45) is 0 Å². The number of aliphatic hydroxyl groups is 2. The van der Waals surface area contributed by atoms with Crippen LogP contribution in [0.3, 0.4) is 0 Å². The third-order valence-corrected chi connectivity index (χ3v) is 2.67. The van der Waals surface area contributed by atoms with Crippen molar-refractivity contribution < 1.29 is 10.2 Å². The number of rotatable bonds is 6. The van der Waals surface area contributed by atoms with Gasteiger partial charge >= 0.3 is 0 Å². The Kier molecular flexibility index (Phi) is 5.12. The van der Waals surface area contributed by atoms with Gasteiger partial charge in [0.05, 0.1) is 12.2 Å². The van der Waals surface area contributed by atoms with E-state index in [1.807, 2.05) is 38.1 Å². The van der Waals surface area contributed by atoms with E-state index in [4.69, 9.17) is 5.11 Å². The van der Waals surface area contributed by atoms with E-state index < -0.39 is 5.60 Å². The quantitative estimate of drug-likeness (QED) is 0.792. The first-order valence-electron chi connectivity index (χ1n) is 6.08. The van der Waals surface area contributed by atoms with Gasteiger partial charge in [0.2, 0.25) is 0 Å². The number of aliphatic hydroxyl groups excluding tert-OH is 1. The van der Waals surface area contributed by atoms with E-state index in [9.17, 15) is 5.11 Å². The van der Waals surface area contributed by atoms with Gasteiger partial charge in [-0.3, -0.25) is 4.90 Å². The molecular weight excluding hydrogens is 214 g/mol. The third kappa shape index (κ3) is 5.31. The normalized spacial score (nSPS) is 12.1.